The lowest BCUT2D eigenvalue weighted by Gasteiger charge is -2.28. The molecule has 1 aromatic carbocycles. The van der Waals surface area contributed by atoms with Crippen LogP contribution in [0.4, 0.5) is 0 Å². The van der Waals surface area contributed by atoms with Gasteiger partial charge in [0, 0.05) is 32.0 Å². The number of carbonyl (C=O) groups excluding carboxylic acids is 1. The summed E-state index contributed by atoms with van der Waals surface area (Å²) >= 11 is 1.72. The van der Waals surface area contributed by atoms with Crippen LogP contribution in [-0.2, 0) is 11.2 Å². The van der Waals surface area contributed by atoms with Crippen LogP contribution < -0.4 is 0 Å². The molecule has 1 amide bonds. The molecular weight excluding hydrogens is 318 g/mol. The molecule has 0 spiro atoms. The van der Waals surface area contributed by atoms with E-state index in [1.54, 1.807) is 11.3 Å². The zero-order chi connectivity index (χ0) is 16.4. The molecule has 24 heavy (non-hydrogen) atoms. The van der Waals surface area contributed by atoms with E-state index in [1.165, 1.54) is 37.1 Å². The van der Waals surface area contributed by atoms with E-state index in [2.05, 4.69) is 20.9 Å². The standard InChI is InChI=1S/C19H25N3OS/c23-19(10-9-18-20-16-7-1-2-8-17(16)24-18)22-13-5-6-15(22)14-21-11-3-4-12-21/h1-2,7-8,15H,3-6,9-14H2. The van der Waals surface area contributed by atoms with Crippen molar-refractivity contribution >= 4 is 27.5 Å². The van der Waals surface area contributed by atoms with Crippen LogP contribution in [0.1, 0.15) is 37.1 Å². The predicted octanol–water partition coefficient (Wildman–Crippen LogP) is 3.32. The number of hydrogen-bond donors (Lipinski definition) is 0. The Morgan fingerprint density at radius 2 is 2.00 bits per heavy atom. The van der Waals surface area contributed by atoms with E-state index in [-0.39, 0.29) is 0 Å². The van der Waals surface area contributed by atoms with Crippen LogP contribution in [0.2, 0.25) is 0 Å². The molecule has 1 unspecified atom stereocenters. The van der Waals surface area contributed by atoms with Gasteiger partial charge in [-0.05, 0) is 50.9 Å². The molecule has 128 valence electrons. The number of amides is 1. The molecule has 0 saturated carbocycles. The first kappa shape index (κ1) is 16.0. The van der Waals surface area contributed by atoms with Crippen molar-refractivity contribution in [2.75, 3.05) is 26.2 Å². The average molecular weight is 343 g/mol. The highest BCUT2D eigenvalue weighted by Gasteiger charge is 2.30. The van der Waals surface area contributed by atoms with Crippen LogP contribution in [0.15, 0.2) is 24.3 Å². The molecule has 2 fully saturated rings. The van der Waals surface area contributed by atoms with Gasteiger partial charge in [0.1, 0.15) is 0 Å². The Hall–Kier alpha value is -1.46. The number of thiazole rings is 1. The van der Waals surface area contributed by atoms with Gasteiger partial charge in [-0.25, -0.2) is 4.98 Å². The summed E-state index contributed by atoms with van der Waals surface area (Å²) in [6, 6.07) is 8.65. The summed E-state index contributed by atoms with van der Waals surface area (Å²) in [6.45, 7) is 4.44. The Morgan fingerprint density at radius 1 is 1.17 bits per heavy atom. The molecule has 0 aliphatic carbocycles. The van der Waals surface area contributed by atoms with Gasteiger partial charge < -0.3 is 9.80 Å². The largest absolute Gasteiger partial charge is 0.338 e. The Kier molecular flexibility index (Phi) is 4.81. The van der Waals surface area contributed by atoms with Gasteiger partial charge in [0.05, 0.1) is 15.2 Å². The molecule has 0 bridgehead atoms. The molecule has 2 saturated heterocycles. The molecular formula is C19H25N3OS. The molecule has 1 aromatic heterocycles. The smallest absolute Gasteiger partial charge is 0.223 e. The van der Waals surface area contributed by atoms with Crippen molar-refractivity contribution in [3.05, 3.63) is 29.3 Å². The van der Waals surface area contributed by atoms with Crippen LogP contribution in [0, 0.1) is 0 Å². The summed E-state index contributed by atoms with van der Waals surface area (Å²) in [5, 5.41) is 1.08. The number of aromatic nitrogens is 1. The van der Waals surface area contributed by atoms with Crippen molar-refractivity contribution in [3.8, 4) is 0 Å². The maximum atomic E-state index is 12.7. The van der Waals surface area contributed by atoms with Crippen molar-refractivity contribution in [2.45, 2.75) is 44.6 Å². The van der Waals surface area contributed by atoms with Crippen molar-refractivity contribution in [1.82, 2.24) is 14.8 Å². The minimum absolute atomic E-state index is 0.316. The molecule has 3 heterocycles. The van der Waals surface area contributed by atoms with E-state index >= 15 is 0 Å². The summed E-state index contributed by atoms with van der Waals surface area (Å²) in [5.41, 5.74) is 1.05. The van der Waals surface area contributed by atoms with Gasteiger partial charge in [-0.1, -0.05) is 12.1 Å². The SMILES string of the molecule is O=C(CCc1nc2ccccc2s1)N1CCCC1CN1CCCC1. The minimum Gasteiger partial charge on any atom is -0.338 e. The molecule has 0 N–H and O–H groups in total. The number of carbonyl (C=O) groups is 1. The molecule has 0 radical (unpaired) electrons. The zero-order valence-corrected chi connectivity index (χ0v) is 14.9. The summed E-state index contributed by atoms with van der Waals surface area (Å²) < 4.78 is 1.22. The van der Waals surface area contributed by atoms with E-state index in [4.69, 9.17) is 0 Å². The molecule has 2 aliphatic rings. The topological polar surface area (TPSA) is 36.4 Å². The van der Waals surface area contributed by atoms with Gasteiger partial charge in [-0.2, -0.15) is 0 Å². The van der Waals surface area contributed by atoms with Crippen molar-refractivity contribution in [1.29, 1.82) is 0 Å². The monoisotopic (exact) mass is 343 g/mol. The van der Waals surface area contributed by atoms with Gasteiger partial charge in [0.25, 0.3) is 0 Å². The van der Waals surface area contributed by atoms with Gasteiger partial charge in [-0.15, -0.1) is 11.3 Å². The number of aryl methyl sites for hydroxylation is 1. The molecule has 4 rings (SSSR count). The van der Waals surface area contributed by atoms with Crippen molar-refractivity contribution in [2.24, 2.45) is 0 Å². The summed E-state index contributed by atoms with van der Waals surface area (Å²) in [6.07, 6.45) is 6.33. The summed E-state index contributed by atoms with van der Waals surface area (Å²) in [4.78, 5) is 22.0. The Balaban J connectivity index is 1.34. The van der Waals surface area contributed by atoms with Crippen LogP contribution in [0.25, 0.3) is 10.2 Å². The highest BCUT2D eigenvalue weighted by Crippen LogP contribution is 2.24. The molecule has 2 aromatic rings. The maximum Gasteiger partial charge on any atom is 0.223 e. The highest BCUT2D eigenvalue weighted by molar-refractivity contribution is 7.18. The molecule has 1 atom stereocenters. The van der Waals surface area contributed by atoms with Crippen LogP contribution in [0.3, 0.4) is 0 Å². The number of benzene rings is 1. The van der Waals surface area contributed by atoms with E-state index < -0.39 is 0 Å². The van der Waals surface area contributed by atoms with Gasteiger partial charge in [0.2, 0.25) is 5.91 Å². The average Bonchev–Trinajstić information content (AvgIpc) is 3.33. The fourth-order valence-electron chi connectivity index (χ4n) is 4.00. The normalized spacial score (nSPS) is 21.8. The Labute approximate surface area is 147 Å². The molecule has 2 aliphatic heterocycles. The van der Waals surface area contributed by atoms with Crippen LogP contribution in [0.5, 0.6) is 0 Å². The molecule has 4 nitrogen and oxygen atoms in total. The fraction of sp³-hybridized carbons (Fsp3) is 0.579. The number of likely N-dealkylation sites (tertiary alicyclic amines) is 2. The third-order valence-electron chi connectivity index (χ3n) is 5.26. The highest BCUT2D eigenvalue weighted by atomic mass is 32.1. The van der Waals surface area contributed by atoms with Gasteiger partial charge in [-0.3, -0.25) is 4.79 Å². The second-order valence-corrected chi connectivity index (χ2v) is 8.08. The number of rotatable bonds is 5. The second kappa shape index (κ2) is 7.19. The molecule has 5 heteroatoms. The van der Waals surface area contributed by atoms with E-state index in [1.807, 2.05) is 18.2 Å². The lowest BCUT2D eigenvalue weighted by molar-refractivity contribution is -0.132. The van der Waals surface area contributed by atoms with Crippen LogP contribution >= 0.6 is 11.3 Å². The van der Waals surface area contributed by atoms with Gasteiger partial charge >= 0.3 is 0 Å². The van der Waals surface area contributed by atoms with E-state index in [0.29, 0.717) is 18.4 Å². The summed E-state index contributed by atoms with van der Waals surface area (Å²) in [5.74, 6) is 0.316. The van der Waals surface area contributed by atoms with Crippen molar-refractivity contribution in [3.63, 3.8) is 0 Å². The zero-order valence-electron chi connectivity index (χ0n) is 14.1. The third-order valence-corrected chi connectivity index (χ3v) is 6.35. The van der Waals surface area contributed by atoms with Gasteiger partial charge in [0.15, 0.2) is 0 Å². The quantitative estimate of drug-likeness (QED) is 0.836. The lowest BCUT2D eigenvalue weighted by Crippen LogP contribution is -2.42. The predicted molar refractivity (Wildman–Crippen MR) is 98.4 cm³/mol. The number of para-hydroxylation sites is 1. The fourth-order valence-corrected chi connectivity index (χ4v) is 4.97. The first-order valence-corrected chi connectivity index (χ1v) is 9.97. The van der Waals surface area contributed by atoms with E-state index in [0.717, 1.165) is 36.5 Å². The minimum atomic E-state index is 0.316. The number of hydrogen-bond acceptors (Lipinski definition) is 4. The number of fused-ring (bicyclic) bond motifs is 1. The number of nitrogens with zero attached hydrogens (tertiary/aromatic N) is 3. The Morgan fingerprint density at radius 3 is 2.83 bits per heavy atom. The first-order valence-electron chi connectivity index (χ1n) is 9.16. The maximum absolute atomic E-state index is 12.7. The first-order chi connectivity index (χ1) is 11.8. The summed E-state index contributed by atoms with van der Waals surface area (Å²) in [7, 11) is 0. The second-order valence-electron chi connectivity index (χ2n) is 6.97. The van der Waals surface area contributed by atoms with E-state index in [9.17, 15) is 4.79 Å². The van der Waals surface area contributed by atoms with Crippen molar-refractivity contribution < 1.29 is 4.79 Å². The Bertz CT molecular complexity index is 674. The lowest BCUT2D eigenvalue weighted by atomic mass is 10.2. The third kappa shape index (κ3) is 3.47. The van der Waals surface area contributed by atoms with Crippen LogP contribution in [-0.4, -0.2) is 52.9 Å².